The fourth-order valence-corrected chi connectivity index (χ4v) is 2.80. The monoisotopic (exact) mass is 340 g/mol. The molecule has 0 aliphatic heterocycles. The SMILES string of the molecule is COc1cnc2ccccc2c1C(=O)N[C@H](C)C[C@H](O)c1ccco1. The number of pyridine rings is 1. The second kappa shape index (κ2) is 7.36. The molecule has 0 spiro atoms. The highest BCUT2D eigenvalue weighted by atomic mass is 16.5. The zero-order valence-corrected chi connectivity index (χ0v) is 14.1. The maximum Gasteiger partial charge on any atom is 0.256 e. The number of furan rings is 1. The van der Waals surface area contributed by atoms with Gasteiger partial charge in [-0.25, -0.2) is 0 Å². The van der Waals surface area contributed by atoms with Crippen LogP contribution in [0.25, 0.3) is 10.9 Å². The smallest absolute Gasteiger partial charge is 0.256 e. The fourth-order valence-electron chi connectivity index (χ4n) is 2.80. The van der Waals surface area contributed by atoms with Crippen LogP contribution in [0.2, 0.25) is 0 Å². The van der Waals surface area contributed by atoms with Gasteiger partial charge in [-0.2, -0.15) is 0 Å². The predicted molar refractivity (Wildman–Crippen MR) is 93.5 cm³/mol. The first-order chi connectivity index (χ1) is 12.1. The van der Waals surface area contributed by atoms with Crippen molar-refractivity contribution in [1.82, 2.24) is 10.3 Å². The number of methoxy groups -OCH3 is 1. The zero-order chi connectivity index (χ0) is 17.8. The van der Waals surface area contributed by atoms with Crippen LogP contribution in [0.5, 0.6) is 5.75 Å². The molecule has 2 heterocycles. The molecule has 2 aromatic heterocycles. The summed E-state index contributed by atoms with van der Waals surface area (Å²) >= 11 is 0. The molecule has 3 aromatic rings. The Kier molecular flexibility index (Phi) is 5.00. The number of ether oxygens (including phenoxy) is 1. The van der Waals surface area contributed by atoms with E-state index in [0.717, 1.165) is 10.9 Å². The Morgan fingerprint density at radius 3 is 2.84 bits per heavy atom. The molecule has 0 saturated heterocycles. The molecule has 0 bridgehead atoms. The molecule has 0 fully saturated rings. The number of hydrogen-bond donors (Lipinski definition) is 2. The summed E-state index contributed by atoms with van der Waals surface area (Å²) in [5.74, 6) is 0.623. The molecule has 0 saturated carbocycles. The van der Waals surface area contributed by atoms with Gasteiger partial charge in [-0.3, -0.25) is 9.78 Å². The van der Waals surface area contributed by atoms with Gasteiger partial charge in [-0.1, -0.05) is 18.2 Å². The van der Waals surface area contributed by atoms with Crippen LogP contribution in [0.15, 0.2) is 53.3 Å². The third-order valence-corrected chi connectivity index (χ3v) is 4.01. The van der Waals surface area contributed by atoms with Gasteiger partial charge in [0.25, 0.3) is 5.91 Å². The Morgan fingerprint density at radius 2 is 2.12 bits per heavy atom. The topological polar surface area (TPSA) is 84.6 Å². The summed E-state index contributed by atoms with van der Waals surface area (Å²) in [6, 6.07) is 10.6. The Balaban J connectivity index is 1.80. The third-order valence-electron chi connectivity index (χ3n) is 4.01. The van der Waals surface area contributed by atoms with E-state index in [2.05, 4.69) is 10.3 Å². The van der Waals surface area contributed by atoms with Gasteiger partial charge in [-0.05, 0) is 25.1 Å². The van der Waals surface area contributed by atoms with Crippen molar-refractivity contribution in [1.29, 1.82) is 0 Å². The third kappa shape index (κ3) is 3.64. The van der Waals surface area contributed by atoms with Crippen molar-refractivity contribution >= 4 is 16.8 Å². The van der Waals surface area contributed by atoms with Crippen LogP contribution in [0.1, 0.15) is 35.6 Å². The van der Waals surface area contributed by atoms with Crippen molar-refractivity contribution < 1.29 is 19.1 Å². The molecule has 0 aliphatic carbocycles. The molecule has 0 aliphatic rings. The lowest BCUT2D eigenvalue weighted by molar-refractivity contribution is 0.0902. The number of aliphatic hydroxyl groups is 1. The number of para-hydroxylation sites is 1. The minimum Gasteiger partial charge on any atom is -0.494 e. The summed E-state index contributed by atoms with van der Waals surface area (Å²) in [5, 5.41) is 13.8. The highest BCUT2D eigenvalue weighted by Crippen LogP contribution is 2.26. The van der Waals surface area contributed by atoms with Crippen molar-refractivity contribution in [2.45, 2.75) is 25.5 Å². The lowest BCUT2D eigenvalue weighted by Gasteiger charge is -2.18. The summed E-state index contributed by atoms with van der Waals surface area (Å²) in [5.41, 5.74) is 1.16. The molecule has 6 nitrogen and oxygen atoms in total. The molecule has 25 heavy (non-hydrogen) atoms. The van der Waals surface area contributed by atoms with Gasteiger partial charge in [0.05, 0.1) is 30.6 Å². The second-order valence-electron chi connectivity index (χ2n) is 5.86. The summed E-state index contributed by atoms with van der Waals surface area (Å²) in [6.07, 6.45) is 2.61. The molecule has 0 radical (unpaired) electrons. The van der Waals surface area contributed by atoms with Crippen LogP contribution < -0.4 is 10.1 Å². The van der Waals surface area contributed by atoms with Crippen molar-refractivity contribution in [3.8, 4) is 5.75 Å². The highest BCUT2D eigenvalue weighted by Gasteiger charge is 2.21. The zero-order valence-electron chi connectivity index (χ0n) is 14.1. The largest absolute Gasteiger partial charge is 0.494 e. The molecule has 130 valence electrons. The summed E-state index contributed by atoms with van der Waals surface area (Å²) in [7, 11) is 1.51. The highest BCUT2D eigenvalue weighted by molar-refractivity contribution is 6.08. The maximum atomic E-state index is 12.8. The molecular formula is C19H20N2O4. The number of rotatable bonds is 6. The van der Waals surface area contributed by atoms with Crippen LogP contribution in [-0.2, 0) is 0 Å². The van der Waals surface area contributed by atoms with Crippen LogP contribution in [0.4, 0.5) is 0 Å². The van der Waals surface area contributed by atoms with Gasteiger partial charge in [0.15, 0.2) is 5.75 Å². The number of hydrogen-bond acceptors (Lipinski definition) is 5. The molecule has 2 atom stereocenters. The first-order valence-corrected chi connectivity index (χ1v) is 8.04. The molecule has 1 amide bonds. The van der Waals surface area contributed by atoms with E-state index in [4.69, 9.17) is 9.15 Å². The number of nitrogens with one attached hydrogen (secondary N) is 1. The first-order valence-electron chi connectivity index (χ1n) is 8.04. The normalized spacial score (nSPS) is 13.4. The number of carbonyl (C=O) groups is 1. The van der Waals surface area contributed by atoms with E-state index in [0.29, 0.717) is 23.5 Å². The number of amides is 1. The quantitative estimate of drug-likeness (QED) is 0.720. The van der Waals surface area contributed by atoms with E-state index in [-0.39, 0.29) is 11.9 Å². The first kappa shape index (κ1) is 17.0. The molecule has 0 unspecified atom stereocenters. The Bertz CT molecular complexity index is 861. The van der Waals surface area contributed by atoms with E-state index in [1.165, 1.54) is 13.4 Å². The van der Waals surface area contributed by atoms with Gasteiger partial charge in [0.1, 0.15) is 11.9 Å². The maximum absolute atomic E-state index is 12.8. The van der Waals surface area contributed by atoms with Crippen LogP contribution in [0, 0.1) is 0 Å². The van der Waals surface area contributed by atoms with Gasteiger partial charge in [-0.15, -0.1) is 0 Å². The minimum atomic E-state index is -0.777. The van der Waals surface area contributed by atoms with Crippen LogP contribution in [-0.4, -0.2) is 29.1 Å². The number of nitrogens with zero attached hydrogens (tertiary/aromatic N) is 1. The van der Waals surface area contributed by atoms with Gasteiger partial charge in [0.2, 0.25) is 0 Å². The second-order valence-corrected chi connectivity index (χ2v) is 5.86. The van der Waals surface area contributed by atoms with Gasteiger partial charge < -0.3 is 19.6 Å². The van der Waals surface area contributed by atoms with Gasteiger partial charge >= 0.3 is 0 Å². The molecule has 6 heteroatoms. The summed E-state index contributed by atoms with van der Waals surface area (Å²) in [6.45, 7) is 1.83. The van der Waals surface area contributed by atoms with Crippen LogP contribution >= 0.6 is 0 Å². The van der Waals surface area contributed by atoms with Crippen molar-refractivity contribution in [2.24, 2.45) is 0 Å². The minimum absolute atomic E-state index is 0.260. The fraction of sp³-hybridized carbons (Fsp3) is 0.263. The van der Waals surface area contributed by atoms with Gasteiger partial charge in [0, 0.05) is 17.8 Å². The number of fused-ring (bicyclic) bond motifs is 1. The summed E-state index contributed by atoms with van der Waals surface area (Å²) < 4.78 is 10.5. The number of aromatic nitrogens is 1. The lowest BCUT2D eigenvalue weighted by atomic mass is 10.1. The molecular weight excluding hydrogens is 320 g/mol. The Labute approximate surface area is 145 Å². The average molecular weight is 340 g/mol. The van der Waals surface area contributed by atoms with Crippen molar-refractivity contribution in [2.75, 3.05) is 7.11 Å². The number of aliphatic hydroxyl groups excluding tert-OH is 1. The van der Waals surface area contributed by atoms with E-state index in [1.807, 2.05) is 31.2 Å². The standard InChI is InChI=1S/C19H20N2O4/c1-12(10-15(22)16-8-5-9-25-16)21-19(23)18-13-6-3-4-7-14(13)20-11-17(18)24-2/h3-9,11-12,15,22H,10H2,1-2H3,(H,21,23)/t12-,15+/m1/s1. The molecule has 1 aromatic carbocycles. The molecule has 2 N–H and O–H groups in total. The van der Waals surface area contributed by atoms with E-state index < -0.39 is 6.10 Å². The Hall–Kier alpha value is -2.86. The van der Waals surface area contributed by atoms with Crippen LogP contribution in [0.3, 0.4) is 0 Å². The van der Waals surface area contributed by atoms with Crippen molar-refractivity contribution in [3.63, 3.8) is 0 Å². The predicted octanol–water partition coefficient (Wildman–Crippen LogP) is 3.08. The van der Waals surface area contributed by atoms with E-state index in [1.54, 1.807) is 18.3 Å². The van der Waals surface area contributed by atoms with Crippen molar-refractivity contribution in [3.05, 3.63) is 60.2 Å². The average Bonchev–Trinajstić information content (AvgIpc) is 3.15. The number of carbonyl (C=O) groups excluding carboxylic acids is 1. The number of benzene rings is 1. The summed E-state index contributed by atoms with van der Waals surface area (Å²) in [4.78, 5) is 17.1. The van der Waals surface area contributed by atoms with E-state index in [9.17, 15) is 9.90 Å². The Morgan fingerprint density at radius 1 is 1.32 bits per heavy atom. The van der Waals surface area contributed by atoms with E-state index >= 15 is 0 Å². The lowest BCUT2D eigenvalue weighted by Crippen LogP contribution is -2.34. The molecule has 3 rings (SSSR count).